The SMILES string of the molecule is CCCN(CCO)CCCC#N. The first-order valence-corrected chi connectivity index (χ1v) is 4.55. The van der Waals surface area contributed by atoms with Gasteiger partial charge in [0.2, 0.25) is 0 Å². The van der Waals surface area contributed by atoms with Crippen LogP contribution in [-0.4, -0.2) is 36.2 Å². The van der Waals surface area contributed by atoms with E-state index in [1.165, 1.54) is 0 Å². The van der Waals surface area contributed by atoms with Gasteiger partial charge in [0.1, 0.15) is 0 Å². The maximum Gasteiger partial charge on any atom is 0.0622 e. The Bertz CT molecular complexity index is 125. The van der Waals surface area contributed by atoms with Gasteiger partial charge in [-0.15, -0.1) is 0 Å². The first kappa shape index (κ1) is 11.4. The lowest BCUT2D eigenvalue weighted by Crippen LogP contribution is -2.28. The van der Waals surface area contributed by atoms with Crippen LogP contribution in [-0.2, 0) is 0 Å². The number of aliphatic hydroxyl groups is 1. The van der Waals surface area contributed by atoms with Crippen LogP contribution in [0.4, 0.5) is 0 Å². The highest BCUT2D eigenvalue weighted by Crippen LogP contribution is 1.95. The lowest BCUT2D eigenvalue weighted by Gasteiger charge is -2.19. The van der Waals surface area contributed by atoms with Gasteiger partial charge >= 0.3 is 0 Å². The molecule has 12 heavy (non-hydrogen) atoms. The molecule has 0 rings (SSSR count). The maximum atomic E-state index is 8.71. The molecule has 0 saturated heterocycles. The Hall–Kier alpha value is -0.590. The summed E-state index contributed by atoms with van der Waals surface area (Å²) < 4.78 is 0. The van der Waals surface area contributed by atoms with Gasteiger partial charge in [0.25, 0.3) is 0 Å². The van der Waals surface area contributed by atoms with E-state index in [9.17, 15) is 0 Å². The van der Waals surface area contributed by atoms with Gasteiger partial charge in [-0.05, 0) is 25.9 Å². The highest BCUT2D eigenvalue weighted by molar-refractivity contribution is 4.69. The van der Waals surface area contributed by atoms with Crippen LogP contribution in [0.2, 0.25) is 0 Å². The van der Waals surface area contributed by atoms with E-state index in [-0.39, 0.29) is 6.61 Å². The molecule has 3 heteroatoms. The Morgan fingerprint density at radius 3 is 2.58 bits per heavy atom. The molecule has 0 aliphatic heterocycles. The molecule has 3 nitrogen and oxygen atoms in total. The molecule has 0 heterocycles. The normalized spacial score (nSPS) is 10.2. The van der Waals surface area contributed by atoms with Crippen LogP contribution in [0.3, 0.4) is 0 Å². The summed E-state index contributed by atoms with van der Waals surface area (Å²) in [6.45, 7) is 5.02. The van der Waals surface area contributed by atoms with Gasteiger partial charge in [-0.25, -0.2) is 0 Å². The van der Waals surface area contributed by atoms with Crippen molar-refractivity contribution in [3.05, 3.63) is 0 Å². The largest absolute Gasteiger partial charge is 0.395 e. The van der Waals surface area contributed by atoms with E-state index >= 15 is 0 Å². The predicted octanol–water partition coefficient (Wildman–Crippen LogP) is 0.994. The molecule has 0 aromatic heterocycles. The second-order valence-electron chi connectivity index (χ2n) is 2.83. The maximum absolute atomic E-state index is 8.71. The van der Waals surface area contributed by atoms with Gasteiger partial charge in [0.15, 0.2) is 0 Å². The molecule has 0 radical (unpaired) electrons. The van der Waals surface area contributed by atoms with Gasteiger partial charge in [-0.2, -0.15) is 5.26 Å². The molecule has 1 N–H and O–H groups in total. The lowest BCUT2D eigenvalue weighted by atomic mass is 10.3. The van der Waals surface area contributed by atoms with Crippen LogP contribution in [0.15, 0.2) is 0 Å². The molecule has 0 aromatic rings. The summed E-state index contributed by atoms with van der Waals surface area (Å²) >= 11 is 0. The predicted molar refractivity (Wildman–Crippen MR) is 48.7 cm³/mol. The Kier molecular flexibility index (Phi) is 8.09. The Morgan fingerprint density at radius 2 is 2.08 bits per heavy atom. The van der Waals surface area contributed by atoms with Crippen molar-refractivity contribution in [1.82, 2.24) is 4.90 Å². The van der Waals surface area contributed by atoms with Gasteiger partial charge in [-0.1, -0.05) is 6.92 Å². The molecule has 0 unspecified atom stereocenters. The number of rotatable bonds is 7. The number of hydrogen-bond acceptors (Lipinski definition) is 3. The minimum atomic E-state index is 0.215. The second kappa shape index (κ2) is 8.51. The Balaban J connectivity index is 3.42. The molecule has 0 aromatic carbocycles. The fourth-order valence-corrected chi connectivity index (χ4v) is 1.17. The standard InChI is InChI=1S/C9H18N2O/c1-2-6-11(8-9-12)7-4-3-5-10/h12H,2-4,6-9H2,1H3. The zero-order valence-electron chi connectivity index (χ0n) is 7.79. The molecule has 70 valence electrons. The third-order valence-electron chi connectivity index (χ3n) is 1.72. The fourth-order valence-electron chi connectivity index (χ4n) is 1.17. The average Bonchev–Trinajstić information content (AvgIpc) is 2.06. The summed E-state index contributed by atoms with van der Waals surface area (Å²) in [6.07, 6.45) is 2.63. The van der Waals surface area contributed by atoms with E-state index in [4.69, 9.17) is 10.4 Å². The van der Waals surface area contributed by atoms with Crippen molar-refractivity contribution in [3.63, 3.8) is 0 Å². The quantitative estimate of drug-likeness (QED) is 0.580. The number of nitriles is 1. The highest BCUT2D eigenvalue weighted by Gasteiger charge is 2.01. The summed E-state index contributed by atoms with van der Waals surface area (Å²) in [6, 6.07) is 2.12. The van der Waals surface area contributed by atoms with Gasteiger partial charge in [0, 0.05) is 13.0 Å². The van der Waals surface area contributed by atoms with Crippen LogP contribution < -0.4 is 0 Å². The molecule has 0 saturated carbocycles. The van der Waals surface area contributed by atoms with Gasteiger partial charge in [-0.3, -0.25) is 0 Å². The third kappa shape index (κ3) is 6.14. The molecule has 0 bridgehead atoms. The van der Waals surface area contributed by atoms with Crippen molar-refractivity contribution in [2.24, 2.45) is 0 Å². The van der Waals surface area contributed by atoms with Crippen molar-refractivity contribution in [2.75, 3.05) is 26.2 Å². The average molecular weight is 170 g/mol. The summed E-state index contributed by atoms with van der Waals surface area (Å²) in [5.41, 5.74) is 0. The topological polar surface area (TPSA) is 47.3 Å². The van der Waals surface area contributed by atoms with Crippen molar-refractivity contribution < 1.29 is 5.11 Å². The molecular formula is C9H18N2O. The van der Waals surface area contributed by atoms with Crippen molar-refractivity contribution >= 4 is 0 Å². The molecule has 0 atom stereocenters. The van der Waals surface area contributed by atoms with Crippen molar-refractivity contribution in [2.45, 2.75) is 26.2 Å². The first-order chi connectivity index (χ1) is 5.85. The molecule has 0 aliphatic rings. The van der Waals surface area contributed by atoms with Crippen LogP contribution >= 0.6 is 0 Å². The highest BCUT2D eigenvalue weighted by atomic mass is 16.3. The third-order valence-corrected chi connectivity index (χ3v) is 1.72. The van der Waals surface area contributed by atoms with Crippen LogP contribution in [0.5, 0.6) is 0 Å². The molecule has 0 aliphatic carbocycles. The van der Waals surface area contributed by atoms with E-state index in [2.05, 4.69) is 17.9 Å². The zero-order valence-corrected chi connectivity index (χ0v) is 7.79. The number of unbranched alkanes of at least 4 members (excludes halogenated alkanes) is 1. The van der Waals surface area contributed by atoms with Crippen molar-refractivity contribution in [3.8, 4) is 6.07 Å². The lowest BCUT2D eigenvalue weighted by molar-refractivity contribution is 0.195. The first-order valence-electron chi connectivity index (χ1n) is 4.55. The van der Waals surface area contributed by atoms with Crippen LogP contribution in [0.1, 0.15) is 26.2 Å². The smallest absolute Gasteiger partial charge is 0.0622 e. The fraction of sp³-hybridized carbons (Fsp3) is 0.889. The summed E-state index contributed by atoms with van der Waals surface area (Å²) in [7, 11) is 0. The van der Waals surface area contributed by atoms with E-state index < -0.39 is 0 Å². The van der Waals surface area contributed by atoms with E-state index in [0.717, 1.165) is 32.5 Å². The summed E-state index contributed by atoms with van der Waals surface area (Å²) in [5.74, 6) is 0. The minimum Gasteiger partial charge on any atom is -0.395 e. The molecule has 0 amide bonds. The molecule has 0 spiro atoms. The zero-order chi connectivity index (χ0) is 9.23. The van der Waals surface area contributed by atoms with Gasteiger partial charge < -0.3 is 10.0 Å². The number of aliphatic hydroxyl groups excluding tert-OH is 1. The molecular weight excluding hydrogens is 152 g/mol. The van der Waals surface area contributed by atoms with Gasteiger partial charge in [0.05, 0.1) is 12.7 Å². The van der Waals surface area contributed by atoms with E-state index in [0.29, 0.717) is 6.42 Å². The van der Waals surface area contributed by atoms with Crippen LogP contribution in [0.25, 0.3) is 0 Å². The Labute approximate surface area is 74.6 Å². The van der Waals surface area contributed by atoms with E-state index in [1.54, 1.807) is 0 Å². The Morgan fingerprint density at radius 1 is 1.33 bits per heavy atom. The van der Waals surface area contributed by atoms with Crippen molar-refractivity contribution in [1.29, 1.82) is 5.26 Å². The number of nitrogens with zero attached hydrogens (tertiary/aromatic N) is 2. The summed E-state index contributed by atoms with van der Waals surface area (Å²) in [4.78, 5) is 2.19. The molecule has 0 fully saturated rings. The monoisotopic (exact) mass is 170 g/mol. The number of hydrogen-bond donors (Lipinski definition) is 1. The van der Waals surface area contributed by atoms with E-state index in [1.807, 2.05) is 0 Å². The summed E-state index contributed by atoms with van der Waals surface area (Å²) in [5, 5.41) is 17.0. The second-order valence-corrected chi connectivity index (χ2v) is 2.83. The van der Waals surface area contributed by atoms with Crippen LogP contribution in [0, 0.1) is 11.3 Å². The minimum absolute atomic E-state index is 0.215.